The van der Waals surface area contributed by atoms with Crippen LogP contribution in [-0.2, 0) is 33.9 Å². The second-order valence-corrected chi connectivity index (χ2v) is 12.0. The van der Waals surface area contributed by atoms with Gasteiger partial charge in [-0.15, -0.1) is 0 Å². The second kappa shape index (κ2) is 10.6. The van der Waals surface area contributed by atoms with Gasteiger partial charge in [-0.2, -0.15) is 0 Å². The molecule has 0 spiro atoms. The Morgan fingerprint density at radius 3 is 1.61 bits per heavy atom. The van der Waals surface area contributed by atoms with Gasteiger partial charge >= 0.3 is 43.7 Å². The zero-order chi connectivity index (χ0) is 24.6. The Kier molecular flexibility index (Phi) is 9.55. The molecule has 0 atom stereocenters. The van der Waals surface area contributed by atoms with Crippen LogP contribution in [0.15, 0.2) is 24.3 Å². The van der Waals surface area contributed by atoms with Crippen molar-refractivity contribution < 1.29 is 20.1 Å². The van der Waals surface area contributed by atoms with Crippen molar-refractivity contribution in [1.29, 1.82) is 0 Å². The molecule has 0 radical (unpaired) electrons. The van der Waals surface area contributed by atoms with E-state index < -0.39 is 5.97 Å². The molecule has 0 aromatic heterocycles. The molecule has 3 N–H and O–H groups in total. The molecule has 0 aliphatic carbocycles. The standard InChI is InChI=1S/C28H40O4.Ca.2H/c1-26(2,3)20-15-19(25(32)22(16-20)28(7,8)9)14-18-12-17(10-11-23(29)30)13-21(24(18)31)27(4,5)6;;;/h12-13,15-16,31-32H,10-11,14H2,1-9H3,(H,29,30);;;. The monoisotopic (exact) mass is 482 g/mol. The Labute approximate surface area is 229 Å². The first-order chi connectivity index (χ1) is 14.4. The van der Waals surface area contributed by atoms with Crippen LogP contribution in [0.3, 0.4) is 0 Å². The van der Waals surface area contributed by atoms with E-state index in [0.717, 1.165) is 27.8 Å². The number of phenolic OH excluding ortho intramolecular Hbond substituents is 2. The quantitative estimate of drug-likeness (QED) is 0.479. The van der Waals surface area contributed by atoms with E-state index >= 15 is 0 Å². The van der Waals surface area contributed by atoms with Gasteiger partial charge in [0.05, 0.1) is 0 Å². The third-order valence-corrected chi connectivity index (χ3v) is 5.93. The minimum absolute atomic E-state index is 0. The Balaban J connectivity index is 0.00000544. The minimum atomic E-state index is -0.845. The number of phenols is 2. The van der Waals surface area contributed by atoms with E-state index in [4.69, 9.17) is 5.11 Å². The van der Waals surface area contributed by atoms with Crippen molar-refractivity contribution in [3.8, 4) is 11.5 Å². The van der Waals surface area contributed by atoms with Crippen molar-refractivity contribution in [3.05, 3.63) is 57.6 Å². The first-order valence-electron chi connectivity index (χ1n) is 11.3. The summed E-state index contributed by atoms with van der Waals surface area (Å²) in [7, 11) is 0. The summed E-state index contributed by atoms with van der Waals surface area (Å²) in [4.78, 5) is 11.1. The van der Waals surface area contributed by atoms with Gasteiger partial charge in [-0.1, -0.05) is 86.6 Å². The van der Waals surface area contributed by atoms with Crippen LogP contribution in [0.1, 0.15) is 102 Å². The van der Waals surface area contributed by atoms with Crippen molar-refractivity contribution in [1.82, 2.24) is 0 Å². The molecule has 0 bridgehead atoms. The summed E-state index contributed by atoms with van der Waals surface area (Å²) < 4.78 is 0. The normalized spacial score (nSPS) is 12.4. The van der Waals surface area contributed by atoms with Gasteiger partial charge in [-0.3, -0.25) is 4.79 Å². The van der Waals surface area contributed by atoms with Crippen LogP contribution in [0.5, 0.6) is 11.5 Å². The summed E-state index contributed by atoms with van der Waals surface area (Å²) in [6.45, 7) is 18.8. The van der Waals surface area contributed by atoms with Gasteiger partial charge in [-0.25, -0.2) is 0 Å². The van der Waals surface area contributed by atoms with Crippen LogP contribution in [0.4, 0.5) is 0 Å². The second-order valence-electron chi connectivity index (χ2n) is 12.0. The van der Waals surface area contributed by atoms with Gasteiger partial charge in [0.25, 0.3) is 0 Å². The fourth-order valence-corrected chi connectivity index (χ4v) is 3.90. The number of carbonyl (C=O) groups is 1. The number of aliphatic carboxylic acids is 1. The fourth-order valence-electron chi connectivity index (χ4n) is 3.90. The molecule has 0 aliphatic heterocycles. The van der Waals surface area contributed by atoms with Gasteiger partial charge < -0.3 is 15.3 Å². The maximum atomic E-state index is 11.2. The molecule has 5 heteroatoms. The average molecular weight is 483 g/mol. The predicted molar refractivity (Wildman–Crippen MR) is 140 cm³/mol. The SMILES string of the molecule is CC(C)(C)c1cc(Cc2cc(CCC(=O)O)cc(C(C)(C)C)c2O)c(O)c(C(C)(C)C)c1.[CaH2]. The number of aryl methyl sites for hydroxylation is 1. The molecule has 2 rings (SSSR count). The van der Waals surface area contributed by atoms with E-state index in [0.29, 0.717) is 18.4 Å². The van der Waals surface area contributed by atoms with Gasteiger partial charge in [-0.05, 0) is 56.0 Å². The zero-order valence-corrected chi connectivity index (χ0v) is 21.2. The van der Waals surface area contributed by atoms with Crippen molar-refractivity contribution in [3.63, 3.8) is 0 Å². The van der Waals surface area contributed by atoms with Gasteiger partial charge in [0.15, 0.2) is 0 Å². The van der Waals surface area contributed by atoms with E-state index in [9.17, 15) is 15.0 Å². The Hall–Kier alpha value is -1.23. The predicted octanol–water partition coefficient (Wildman–Crippen LogP) is 5.68. The number of carboxylic acids is 1. The van der Waals surface area contributed by atoms with E-state index in [1.165, 1.54) is 0 Å². The molecule has 0 aliphatic rings. The summed E-state index contributed by atoms with van der Waals surface area (Å²) in [5.74, 6) is -0.366. The number of rotatable bonds is 5. The molecular formula is C28H42CaO4. The molecule has 0 saturated heterocycles. The number of carboxylic acid groups (broad SMARTS) is 1. The van der Waals surface area contributed by atoms with Gasteiger partial charge in [0.2, 0.25) is 0 Å². The van der Waals surface area contributed by atoms with Crippen molar-refractivity contribution in [2.24, 2.45) is 0 Å². The molecule has 180 valence electrons. The first kappa shape index (κ1) is 29.8. The first-order valence-corrected chi connectivity index (χ1v) is 11.3. The molecule has 0 heterocycles. The number of benzene rings is 2. The Morgan fingerprint density at radius 2 is 1.18 bits per heavy atom. The molecule has 2 aromatic rings. The van der Waals surface area contributed by atoms with Crippen LogP contribution in [0, 0.1) is 0 Å². The number of aromatic hydroxyl groups is 2. The molecule has 33 heavy (non-hydrogen) atoms. The van der Waals surface area contributed by atoms with Gasteiger partial charge in [0, 0.05) is 12.8 Å². The Morgan fingerprint density at radius 1 is 0.727 bits per heavy atom. The third-order valence-electron chi connectivity index (χ3n) is 5.93. The molecule has 0 fully saturated rings. The summed E-state index contributed by atoms with van der Waals surface area (Å²) in [5.41, 5.74) is 4.54. The molecule has 0 saturated carbocycles. The Bertz CT molecular complexity index is 1000. The van der Waals surface area contributed by atoms with Crippen LogP contribution in [-0.4, -0.2) is 59.0 Å². The summed E-state index contributed by atoms with van der Waals surface area (Å²) in [6, 6.07) is 7.91. The fraction of sp³-hybridized carbons (Fsp3) is 0.536. The average Bonchev–Trinajstić information content (AvgIpc) is 2.60. The third kappa shape index (κ3) is 7.63. The molecular weight excluding hydrogens is 440 g/mol. The maximum absolute atomic E-state index is 11.2. The number of hydrogen-bond acceptors (Lipinski definition) is 3. The summed E-state index contributed by atoms with van der Waals surface area (Å²) >= 11 is 0. The molecule has 0 amide bonds. The van der Waals surface area contributed by atoms with Crippen molar-refractivity contribution >= 4 is 43.7 Å². The zero-order valence-electron chi connectivity index (χ0n) is 21.2. The van der Waals surface area contributed by atoms with Crippen LogP contribution < -0.4 is 0 Å². The van der Waals surface area contributed by atoms with Crippen LogP contribution in [0.25, 0.3) is 0 Å². The molecule has 2 aromatic carbocycles. The summed E-state index contributed by atoms with van der Waals surface area (Å²) in [5, 5.41) is 31.5. The molecule has 4 nitrogen and oxygen atoms in total. The number of hydrogen-bond donors (Lipinski definition) is 3. The molecule has 0 unspecified atom stereocenters. The van der Waals surface area contributed by atoms with Gasteiger partial charge in [0.1, 0.15) is 11.5 Å². The van der Waals surface area contributed by atoms with E-state index in [-0.39, 0.29) is 71.9 Å². The van der Waals surface area contributed by atoms with E-state index in [2.05, 4.69) is 47.6 Å². The van der Waals surface area contributed by atoms with Crippen molar-refractivity contribution in [2.45, 2.75) is 97.8 Å². The van der Waals surface area contributed by atoms with Crippen LogP contribution >= 0.6 is 0 Å². The topological polar surface area (TPSA) is 77.8 Å². The van der Waals surface area contributed by atoms with E-state index in [1.807, 2.05) is 39.0 Å². The van der Waals surface area contributed by atoms with Crippen LogP contribution in [0.2, 0.25) is 0 Å². The van der Waals surface area contributed by atoms with Crippen molar-refractivity contribution in [2.75, 3.05) is 0 Å². The summed E-state index contributed by atoms with van der Waals surface area (Å²) in [6.07, 6.45) is 0.800. The van der Waals surface area contributed by atoms with E-state index in [1.54, 1.807) is 0 Å².